The van der Waals surface area contributed by atoms with E-state index in [9.17, 15) is 9.59 Å². The molecule has 4 rings (SSSR count). The van der Waals surface area contributed by atoms with Crippen LogP contribution in [0, 0.1) is 6.92 Å². The van der Waals surface area contributed by atoms with Crippen molar-refractivity contribution in [3.05, 3.63) is 65.7 Å². The summed E-state index contributed by atoms with van der Waals surface area (Å²) in [6.07, 6.45) is 0. The van der Waals surface area contributed by atoms with Crippen LogP contribution in [0.4, 0.5) is 11.4 Å². The summed E-state index contributed by atoms with van der Waals surface area (Å²) in [5.74, 6) is 1.84. The van der Waals surface area contributed by atoms with Crippen molar-refractivity contribution in [2.75, 3.05) is 51.3 Å². The van der Waals surface area contributed by atoms with Crippen LogP contribution in [-0.4, -0.2) is 52.9 Å². The Morgan fingerprint density at radius 3 is 2.42 bits per heavy atom. The summed E-state index contributed by atoms with van der Waals surface area (Å²) in [5.41, 5.74) is 2.46. The predicted molar refractivity (Wildman–Crippen MR) is 135 cm³/mol. The van der Waals surface area contributed by atoms with Crippen LogP contribution in [-0.2, 0) is 4.79 Å². The monoisotopic (exact) mass is 492 g/mol. The first kappa shape index (κ1) is 24.7. The second-order valence-electron chi connectivity index (χ2n) is 8.05. The Labute approximate surface area is 209 Å². The minimum absolute atomic E-state index is 0.0609. The summed E-state index contributed by atoms with van der Waals surface area (Å²) in [6, 6.07) is 16.0. The molecule has 0 saturated carbocycles. The van der Waals surface area contributed by atoms with Gasteiger partial charge in [0, 0.05) is 11.3 Å². The van der Waals surface area contributed by atoms with Gasteiger partial charge in [-0.05, 0) is 55.0 Å². The number of rotatable bonds is 9. The minimum Gasteiger partial charge on any atom is -0.493 e. The van der Waals surface area contributed by atoms with Gasteiger partial charge in [-0.3, -0.25) is 9.59 Å². The van der Waals surface area contributed by atoms with E-state index in [0.717, 1.165) is 11.3 Å². The molecule has 0 aromatic heterocycles. The molecular weight excluding hydrogens is 464 g/mol. The highest BCUT2D eigenvalue weighted by Gasteiger charge is 2.26. The van der Waals surface area contributed by atoms with E-state index >= 15 is 0 Å². The fourth-order valence-corrected chi connectivity index (χ4v) is 3.90. The molecule has 9 nitrogen and oxygen atoms in total. The lowest BCUT2D eigenvalue weighted by Gasteiger charge is -2.29. The van der Waals surface area contributed by atoms with Gasteiger partial charge in [0.25, 0.3) is 11.8 Å². The van der Waals surface area contributed by atoms with Gasteiger partial charge < -0.3 is 33.9 Å². The number of amides is 2. The molecule has 0 spiro atoms. The van der Waals surface area contributed by atoms with Gasteiger partial charge in [0.15, 0.2) is 18.1 Å². The zero-order chi connectivity index (χ0) is 25.7. The number of nitrogens with one attached hydrogen (secondary N) is 1. The summed E-state index contributed by atoms with van der Waals surface area (Å²) in [5, 5.41) is 2.86. The summed E-state index contributed by atoms with van der Waals surface area (Å²) in [7, 11) is 4.46. The van der Waals surface area contributed by atoms with Crippen LogP contribution in [0.3, 0.4) is 0 Å². The quantitative estimate of drug-likeness (QED) is 0.481. The van der Waals surface area contributed by atoms with Gasteiger partial charge in [-0.15, -0.1) is 0 Å². The van der Waals surface area contributed by atoms with E-state index in [4.69, 9.17) is 23.7 Å². The zero-order valence-electron chi connectivity index (χ0n) is 20.6. The minimum atomic E-state index is -0.383. The topological polar surface area (TPSA) is 95.6 Å². The van der Waals surface area contributed by atoms with Crippen molar-refractivity contribution in [1.29, 1.82) is 0 Å². The Morgan fingerprint density at radius 2 is 1.75 bits per heavy atom. The van der Waals surface area contributed by atoms with Crippen molar-refractivity contribution in [3.8, 4) is 28.7 Å². The molecule has 1 heterocycles. The van der Waals surface area contributed by atoms with Crippen molar-refractivity contribution in [1.82, 2.24) is 0 Å². The third-order valence-electron chi connectivity index (χ3n) is 5.66. The number of fused-ring (bicyclic) bond motifs is 1. The Hall–Kier alpha value is -4.40. The van der Waals surface area contributed by atoms with E-state index < -0.39 is 0 Å². The van der Waals surface area contributed by atoms with E-state index in [1.54, 1.807) is 35.2 Å². The van der Waals surface area contributed by atoms with Crippen LogP contribution in [0.1, 0.15) is 15.9 Å². The second kappa shape index (κ2) is 10.9. The summed E-state index contributed by atoms with van der Waals surface area (Å²) in [6.45, 7) is 2.56. The molecule has 0 radical (unpaired) electrons. The lowest BCUT2D eigenvalue weighted by atomic mass is 10.1. The van der Waals surface area contributed by atoms with Gasteiger partial charge >= 0.3 is 0 Å². The van der Waals surface area contributed by atoms with Crippen LogP contribution in [0.25, 0.3) is 0 Å². The van der Waals surface area contributed by atoms with Gasteiger partial charge in [-0.25, -0.2) is 0 Å². The smallest absolute Gasteiger partial charge is 0.265 e. The summed E-state index contributed by atoms with van der Waals surface area (Å²) < 4.78 is 27.4. The van der Waals surface area contributed by atoms with E-state index in [1.807, 2.05) is 31.2 Å². The van der Waals surface area contributed by atoms with Gasteiger partial charge in [0.2, 0.25) is 5.75 Å². The molecule has 0 atom stereocenters. The Kier molecular flexibility index (Phi) is 7.48. The molecule has 0 bridgehead atoms. The number of methoxy groups -OCH3 is 3. The third kappa shape index (κ3) is 5.30. The normalized spacial score (nSPS) is 12.3. The molecule has 9 heteroatoms. The third-order valence-corrected chi connectivity index (χ3v) is 5.66. The number of carbonyl (C=O) groups is 2. The van der Waals surface area contributed by atoms with Crippen LogP contribution >= 0.6 is 0 Å². The average Bonchev–Trinajstić information content (AvgIpc) is 2.89. The van der Waals surface area contributed by atoms with Gasteiger partial charge in [-0.1, -0.05) is 12.1 Å². The van der Waals surface area contributed by atoms with Crippen molar-refractivity contribution < 1.29 is 33.3 Å². The molecule has 3 aromatic carbocycles. The van der Waals surface area contributed by atoms with Crippen LogP contribution in [0.15, 0.2) is 54.6 Å². The summed E-state index contributed by atoms with van der Waals surface area (Å²) >= 11 is 0. The zero-order valence-corrected chi connectivity index (χ0v) is 20.6. The molecule has 1 N–H and O–H groups in total. The SMILES string of the molecule is COc1cc(C(=O)Nc2ccc3c(c2)N(CCOc2cccc(C)c2)C(=O)CO3)cc(OC)c1OC. The fourth-order valence-electron chi connectivity index (χ4n) is 3.90. The molecule has 188 valence electrons. The summed E-state index contributed by atoms with van der Waals surface area (Å²) in [4.78, 5) is 27.3. The maximum Gasteiger partial charge on any atom is 0.265 e. The number of anilines is 2. The Balaban J connectivity index is 1.52. The molecule has 36 heavy (non-hydrogen) atoms. The highest BCUT2D eigenvalue weighted by atomic mass is 16.5. The molecule has 0 unspecified atom stereocenters. The molecule has 0 aliphatic carbocycles. The van der Waals surface area contributed by atoms with E-state index in [2.05, 4.69) is 5.32 Å². The van der Waals surface area contributed by atoms with Crippen LogP contribution in [0.5, 0.6) is 28.7 Å². The van der Waals surface area contributed by atoms with Crippen molar-refractivity contribution >= 4 is 23.2 Å². The first-order chi connectivity index (χ1) is 17.4. The van der Waals surface area contributed by atoms with Gasteiger partial charge in [0.1, 0.15) is 18.1 Å². The predicted octanol–water partition coefficient (Wildman–Crippen LogP) is 4.08. The number of nitrogens with zero attached hydrogens (tertiary/aromatic N) is 1. The number of benzene rings is 3. The van der Waals surface area contributed by atoms with E-state index in [1.165, 1.54) is 21.3 Å². The maximum absolute atomic E-state index is 13.0. The first-order valence-corrected chi connectivity index (χ1v) is 11.3. The Morgan fingerprint density at radius 1 is 1.00 bits per heavy atom. The second-order valence-corrected chi connectivity index (χ2v) is 8.05. The molecule has 1 aliphatic rings. The number of aryl methyl sites for hydroxylation is 1. The lowest BCUT2D eigenvalue weighted by molar-refractivity contribution is -0.121. The molecule has 2 amide bonds. The largest absolute Gasteiger partial charge is 0.493 e. The molecule has 0 fully saturated rings. The maximum atomic E-state index is 13.0. The van der Waals surface area contributed by atoms with Crippen molar-refractivity contribution in [3.63, 3.8) is 0 Å². The van der Waals surface area contributed by atoms with Gasteiger partial charge in [0.05, 0.1) is 33.6 Å². The first-order valence-electron chi connectivity index (χ1n) is 11.3. The average molecular weight is 493 g/mol. The van der Waals surface area contributed by atoms with Gasteiger partial charge in [-0.2, -0.15) is 0 Å². The number of hydrogen-bond acceptors (Lipinski definition) is 7. The van der Waals surface area contributed by atoms with Crippen molar-refractivity contribution in [2.45, 2.75) is 6.92 Å². The van der Waals surface area contributed by atoms with Crippen LogP contribution < -0.4 is 33.9 Å². The standard InChI is InChI=1S/C27H28N2O7/c1-17-6-5-7-20(12-17)35-11-10-29-21-15-19(8-9-22(21)36-16-25(29)30)28-27(31)18-13-23(32-2)26(34-4)24(14-18)33-3/h5-9,12-15H,10-11,16H2,1-4H3,(H,28,31). The van der Waals surface area contributed by atoms with E-state index in [0.29, 0.717) is 53.1 Å². The van der Waals surface area contributed by atoms with Crippen molar-refractivity contribution in [2.24, 2.45) is 0 Å². The number of ether oxygens (including phenoxy) is 5. The number of carbonyl (C=O) groups excluding carboxylic acids is 2. The molecule has 1 aliphatic heterocycles. The highest BCUT2D eigenvalue weighted by Crippen LogP contribution is 2.39. The highest BCUT2D eigenvalue weighted by molar-refractivity contribution is 6.06. The lowest BCUT2D eigenvalue weighted by Crippen LogP contribution is -2.41. The number of hydrogen-bond donors (Lipinski definition) is 1. The fraction of sp³-hybridized carbons (Fsp3) is 0.259. The van der Waals surface area contributed by atoms with E-state index in [-0.39, 0.29) is 18.4 Å². The molecule has 0 saturated heterocycles. The molecule has 3 aromatic rings. The molecular formula is C27H28N2O7. The Bertz CT molecular complexity index is 1250. The van der Waals surface area contributed by atoms with Crippen LogP contribution in [0.2, 0.25) is 0 Å².